The van der Waals surface area contributed by atoms with E-state index in [0.717, 1.165) is 0 Å². The van der Waals surface area contributed by atoms with Gasteiger partial charge in [0.25, 0.3) is 0 Å². The summed E-state index contributed by atoms with van der Waals surface area (Å²) in [5.74, 6) is 0. The van der Waals surface area contributed by atoms with Gasteiger partial charge in [0.1, 0.15) is 36.1 Å². The minimum Gasteiger partial charge on any atom is -0.393 e. The van der Waals surface area contributed by atoms with Crippen LogP contribution in [0.2, 0.25) is 0 Å². The van der Waals surface area contributed by atoms with Crippen LogP contribution in [0.1, 0.15) is 6.92 Å². The molecule has 2 fully saturated rings. The number of aliphatic hydroxyl groups is 4. The van der Waals surface area contributed by atoms with Gasteiger partial charge in [0.2, 0.25) is 0 Å². The van der Waals surface area contributed by atoms with Crippen LogP contribution < -0.4 is 0 Å². The third-order valence-corrected chi connectivity index (χ3v) is 3.72. The summed E-state index contributed by atoms with van der Waals surface area (Å²) in [6.45, 7) is 1.87. The summed E-state index contributed by atoms with van der Waals surface area (Å²) < 4.78 is 21.0. The maximum atomic E-state index is 10.1. The molecule has 0 amide bonds. The van der Waals surface area contributed by atoms with Crippen molar-refractivity contribution >= 4 is 0 Å². The van der Waals surface area contributed by atoms with E-state index in [-0.39, 0.29) is 19.3 Å². The van der Waals surface area contributed by atoms with Gasteiger partial charge in [-0.3, -0.25) is 0 Å². The van der Waals surface area contributed by atoms with Crippen LogP contribution in [0.15, 0.2) is 0 Å². The molecule has 0 unspecified atom stereocenters. The summed E-state index contributed by atoms with van der Waals surface area (Å²) in [7, 11) is 1.44. The van der Waals surface area contributed by atoms with E-state index < -0.39 is 36.3 Å². The highest BCUT2D eigenvalue weighted by Crippen LogP contribution is 2.33. The summed E-state index contributed by atoms with van der Waals surface area (Å²) in [5.41, 5.74) is -1.01. The summed E-state index contributed by atoms with van der Waals surface area (Å²) in [6, 6.07) is 0. The molecule has 0 radical (unpaired) electrons. The van der Waals surface area contributed by atoms with E-state index in [1.165, 1.54) is 7.11 Å². The van der Waals surface area contributed by atoms with Crippen molar-refractivity contribution in [3.05, 3.63) is 0 Å². The van der Waals surface area contributed by atoms with Gasteiger partial charge in [0.15, 0.2) is 6.29 Å². The van der Waals surface area contributed by atoms with Gasteiger partial charge in [-0.15, -0.1) is 0 Å². The van der Waals surface area contributed by atoms with Crippen LogP contribution in [0.4, 0.5) is 0 Å². The number of hydrogen-bond donors (Lipinski definition) is 4. The Bertz CT molecular complexity index is 323. The highest BCUT2D eigenvalue weighted by molar-refractivity contribution is 4.97. The van der Waals surface area contributed by atoms with Gasteiger partial charge in [-0.25, -0.2) is 0 Å². The third kappa shape index (κ3) is 3.12. The average Bonchev–Trinajstić information content (AvgIpc) is 3.26. The summed E-state index contributed by atoms with van der Waals surface area (Å²) in [5, 5.41) is 38.8. The molecule has 0 spiro atoms. The van der Waals surface area contributed by atoms with E-state index in [2.05, 4.69) is 0 Å². The lowest BCUT2D eigenvalue weighted by Crippen LogP contribution is -2.62. The first-order chi connectivity index (χ1) is 9.42. The van der Waals surface area contributed by atoms with Crippen molar-refractivity contribution in [3.8, 4) is 0 Å². The van der Waals surface area contributed by atoms with Crippen LogP contribution in [0.5, 0.6) is 0 Å². The molecule has 0 aromatic carbocycles. The van der Waals surface area contributed by atoms with Crippen molar-refractivity contribution in [1.82, 2.24) is 0 Å². The number of methoxy groups -OCH3 is 1. The third-order valence-electron chi connectivity index (χ3n) is 3.72. The second-order valence-electron chi connectivity index (χ2n) is 5.38. The molecule has 0 aliphatic carbocycles. The van der Waals surface area contributed by atoms with Crippen LogP contribution in [-0.4, -0.2) is 89.8 Å². The molecular weight excluding hydrogens is 272 g/mol. The summed E-state index contributed by atoms with van der Waals surface area (Å²) in [6.07, 6.45) is -6.35. The van der Waals surface area contributed by atoms with Crippen molar-refractivity contribution in [2.45, 2.75) is 49.3 Å². The molecule has 8 heteroatoms. The lowest BCUT2D eigenvalue weighted by molar-refractivity contribution is -0.312. The van der Waals surface area contributed by atoms with Gasteiger partial charge in [0.05, 0.1) is 19.8 Å². The predicted octanol–water partition coefficient (Wildman–Crippen LogP) is -2.39. The molecule has 0 bridgehead atoms. The van der Waals surface area contributed by atoms with E-state index in [0.29, 0.717) is 6.61 Å². The fourth-order valence-electron chi connectivity index (χ4n) is 2.29. The zero-order valence-corrected chi connectivity index (χ0v) is 11.5. The molecule has 7 atom stereocenters. The van der Waals surface area contributed by atoms with Crippen molar-refractivity contribution in [3.63, 3.8) is 0 Å². The topological polar surface area (TPSA) is 121 Å². The van der Waals surface area contributed by atoms with Gasteiger partial charge in [-0.05, 0) is 6.92 Å². The Kier molecular flexibility index (Phi) is 4.98. The predicted molar refractivity (Wildman–Crippen MR) is 64.9 cm³/mol. The van der Waals surface area contributed by atoms with Crippen molar-refractivity contribution in [2.75, 3.05) is 26.9 Å². The highest BCUT2D eigenvalue weighted by atomic mass is 16.7. The van der Waals surface area contributed by atoms with E-state index in [1.54, 1.807) is 6.92 Å². The van der Waals surface area contributed by atoms with Crippen molar-refractivity contribution in [1.29, 1.82) is 0 Å². The van der Waals surface area contributed by atoms with E-state index in [1.807, 2.05) is 0 Å². The van der Waals surface area contributed by atoms with E-state index in [9.17, 15) is 20.4 Å². The van der Waals surface area contributed by atoms with E-state index in [4.69, 9.17) is 18.9 Å². The molecule has 8 nitrogen and oxygen atoms in total. The lowest BCUT2D eigenvalue weighted by Gasteiger charge is -2.43. The van der Waals surface area contributed by atoms with Gasteiger partial charge in [0, 0.05) is 7.11 Å². The number of rotatable bonds is 6. The number of aliphatic hydroxyl groups excluding tert-OH is 4. The standard InChI is InChI=1S/C12H22O8/c1-12(5-13,7-4-18-7)20-10-6(3-17-2)19-11(16)9(15)8(10)14/h6-11,13-16H,3-5H2,1-2H3/t6-,7+,8-,9-,10-,11+,12-/m1/s1. The Morgan fingerprint density at radius 2 is 1.90 bits per heavy atom. The average molecular weight is 294 g/mol. The van der Waals surface area contributed by atoms with Crippen molar-refractivity contribution < 1.29 is 39.4 Å². The Balaban J connectivity index is 2.11. The molecule has 2 aliphatic heterocycles. The number of hydrogen-bond acceptors (Lipinski definition) is 8. The first-order valence-electron chi connectivity index (χ1n) is 6.52. The fourth-order valence-corrected chi connectivity index (χ4v) is 2.29. The van der Waals surface area contributed by atoms with Crippen LogP contribution in [0.3, 0.4) is 0 Å². The molecular formula is C12H22O8. The molecule has 2 saturated heterocycles. The van der Waals surface area contributed by atoms with Crippen LogP contribution in [0, 0.1) is 0 Å². The number of ether oxygens (including phenoxy) is 4. The molecule has 0 saturated carbocycles. The fraction of sp³-hybridized carbons (Fsp3) is 1.00. The van der Waals surface area contributed by atoms with Crippen LogP contribution in [-0.2, 0) is 18.9 Å². The smallest absolute Gasteiger partial charge is 0.184 e. The van der Waals surface area contributed by atoms with Gasteiger partial charge in [-0.2, -0.15) is 0 Å². The summed E-state index contributed by atoms with van der Waals surface area (Å²) >= 11 is 0. The van der Waals surface area contributed by atoms with Crippen LogP contribution in [0.25, 0.3) is 0 Å². The van der Waals surface area contributed by atoms with Crippen molar-refractivity contribution in [2.24, 2.45) is 0 Å². The first kappa shape index (κ1) is 16.1. The SMILES string of the molecule is COC[C@H]1O[C@H](O)[C@H](O)[C@@H](O)[C@@H]1O[C@](C)(CO)[C@@H]1CO1. The zero-order chi connectivity index (χ0) is 14.9. The van der Waals surface area contributed by atoms with Gasteiger partial charge < -0.3 is 39.4 Å². The normalized spacial score (nSPS) is 44.1. The molecule has 118 valence electrons. The summed E-state index contributed by atoms with van der Waals surface area (Å²) in [4.78, 5) is 0. The molecule has 2 aliphatic rings. The molecule has 2 heterocycles. The lowest BCUT2D eigenvalue weighted by atomic mass is 9.96. The maximum absolute atomic E-state index is 10.1. The minimum absolute atomic E-state index is 0.0680. The number of epoxide rings is 1. The Hall–Kier alpha value is -0.320. The second kappa shape index (κ2) is 6.20. The quantitative estimate of drug-likeness (QED) is 0.400. The Labute approximate surface area is 116 Å². The minimum atomic E-state index is -1.51. The Morgan fingerprint density at radius 1 is 1.25 bits per heavy atom. The molecule has 2 rings (SSSR count). The highest BCUT2D eigenvalue weighted by Gasteiger charge is 2.51. The first-order valence-corrected chi connectivity index (χ1v) is 6.52. The Morgan fingerprint density at radius 3 is 2.40 bits per heavy atom. The second-order valence-corrected chi connectivity index (χ2v) is 5.38. The molecule has 0 aromatic heterocycles. The zero-order valence-electron chi connectivity index (χ0n) is 11.5. The molecule has 20 heavy (non-hydrogen) atoms. The van der Waals surface area contributed by atoms with Gasteiger partial charge in [-0.1, -0.05) is 0 Å². The van der Waals surface area contributed by atoms with E-state index >= 15 is 0 Å². The maximum Gasteiger partial charge on any atom is 0.184 e. The molecule has 0 aromatic rings. The largest absolute Gasteiger partial charge is 0.393 e. The molecule has 4 N–H and O–H groups in total. The van der Waals surface area contributed by atoms with Gasteiger partial charge >= 0.3 is 0 Å². The van der Waals surface area contributed by atoms with Crippen LogP contribution >= 0.6 is 0 Å². The monoisotopic (exact) mass is 294 g/mol.